The second-order valence-electron chi connectivity index (χ2n) is 4.97. The summed E-state index contributed by atoms with van der Waals surface area (Å²) >= 11 is 1.46. The number of hydrogen-bond acceptors (Lipinski definition) is 6. The highest BCUT2D eigenvalue weighted by Crippen LogP contribution is 2.24. The van der Waals surface area contributed by atoms with Gasteiger partial charge in [-0.15, -0.1) is 0 Å². The zero-order valence-electron chi connectivity index (χ0n) is 13.2. The summed E-state index contributed by atoms with van der Waals surface area (Å²) in [6.45, 7) is 0. The average molecular weight is 349 g/mol. The lowest BCUT2D eigenvalue weighted by atomic mass is 10.2. The SMILES string of the molecule is NC(=O)C=Cc1cccc(Nc2nccc(Sc3ccccn3)n2)c1. The Kier molecular flexibility index (Phi) is 5.38. The quantitative estimate of drug-likeness (QED) is 0.524. The van der Waals surface area contributed by atoms with Gasteiger partial charge < -0.3 is 11.1 Å². The van der Waals surface area contributed by atoms with Crippen LogP contribution in [-0.2, 0) is 4.79 Å². The number of primary amides is 1. The van der Waals surface area contributed by atoms with Crippen molar-refractivity contribution in [3.05, 3.63) is 72.6 Å². The molecule has 0 unspecified atom stereocenters. The van der Waals surface area contributed by atoms with Gasteiger partial charge in [-0.05, 0) is 53.7 Å². The fourth-order valence-corrected chi connectivity index (χ4v) is 2.74. The first-order valence-corrected chi connectivity index (χ1v) is 8.27. The number of nitrogens with two attached hydrogens (primary N) is 1. The third kappa shape index (κ3) is 5.15. The first-order chi connectivity index (χ1) is 12.2. The predicted molar refractivity (Wildman–Crippen MR) is 98.3 cm³/mol. The number of amides is 1. The molecule has 0 bridgehead atoms. The van der Waals surface area contributed by atoms with Gasteiger partial charge >= 0.3 is 0 Å². The highest BCUT2D eigenvalue weighted by molar-refractivity contribution is 7.99. The van der Waals surface area contributed by atoms with Gasteiger partial charge in [0.1, 0.15) is 10.1 Å². The van der Waals surface area contributed by atoms with Gasteiger partial charge in [0.15, 0.2) is 0 Å². The van der Waals surface area contributed by atoms with Gasteiger partial charge in [-0.25, -0.2) is 15.0 Å². The van der Waals surface area contributed by atoms with Crippen LogP contribution in [-0.4, -0.2) is 20.9 Å². The molecule has 3 rings (SSSR count). The molecule has 1 aromatic carbocycles. The van der Waals surface area contributed by atoms with Gasteiger partial charge in [-0.1, -0.05) is 18.2 Å². The lowest BCUT2D eigenvalue weighted by Crippen LogP contribution is -2.05. The van der Waals surface area contributed by atoms with E-state index in [4.69, 9.17) is 5.73 Å². The number of hydrogen-bond donors (Lipinski definition) is 2. The van der Waals surface area contributed by atoms with Crippen LogP contribution in [0.15, 0.2) is 77.1 Å². The fraction of sp³-hybridized carbons (Fsp3) is 0. The van der Waals surface area contributed by atoms with E-state index >= 15 is 0 Å². The summed E-state index contributed by atoms with van der Waals surface area (Å²) in [6.07, 6.45) is 6.41. The molecule has 0 aliphatic rings. The van der Waals surface area contributed by atoms with Crippen molar-refractivity contribution in [1.82, 2.24) is 15.0 Å². The third-order valence-electron chi connectivity index (χ3n) is 3.06. The molecule has 0 saturated carbocycles. The van der Waals surface area contributed by atoms with Gasteiger partial charge in [0.25, 0.3) is 0 Å². The molecule has 1 amide bonds. The summed E-state index contributed by atoms with van der Waals surface area (Å²) in [5.74, 6) is -0.00194. The minimum absolute atomic E-state index is 0.483. The Morgan fingerprint density at radius 2 is 1.96 bits per heavy atom. The Morgan fingerprint density at radius 1 is 1.04 bits per heavy atom. The van der Waals surface area contributed by atoms with E-state index < -0.39 is 5.91 Å². The van der Waals surface area contributed by atoms with Crippen molar-refractivity contribution in [2.24, 2.45) is 5.73 Å². The number of rotatable bonds is 6. The van der Waals surface area contributed by atoms with Gasteiger partial charge in [0.05, 0.1) is 0 Å². The summed E-state index contributed by atoms with van der Waals surface area (Å²) in [6, 6.07) is 15.1. The molecule has 3 aromatic rings. The van der Waals surface area contributed by atoms with E-state index in [-0.39, 0.29) is 0 Å². The largest absolute Gasteiger partial charge is 0.366 e. The molecule has 7 heteroatoms. The maximum Gasteiger partial charge on any atom is 0.241 e. The van der Waals surface area contributed by atoms with E-state index in [1.807, 2.05) is 48.5 Å². The maximum atomic E-state index is 10.8. The van der Waals surface area contributed by atoms with Crippen LogP contribution in [0.5, 0.6) is 0 Å². The lowest BCUT2D eigenvalue weighted by molar-refractivity contribution is -0.113. The fourth-order valence-electron chi connectivity index (χ4n) is 2.00. The molecule has 0 fully saturated rings. The Balaban J connectivity index is 1.74. The van der Waals surface area contributed by atoms with Crippen LogP contribution in [0, 0.1) is 0 Å². The minimum atomic E-state index is -0.485. The van der Waals surface area contributed by atoms with E-state index in [1.54, 1.807) is 18.5 Å². The van der Waals surface area contributed by atoms with Gasteiger partial charge in [-0.2, -0.15) is 0 Å². The molecular weight excluding hydrogens is 334 g/mol. The normalized spacial score (nSPS) is 10.7. The standard InChI is InChI=1S/C18H15N5OS/c19-15(24)8-7-13-4-3-5-14(12-13)22-18-21-11-9-17(23-18)25-16-6-1-2-10-20-16/h1-12H,(H2,19,24)(H,21,22,23). The predicted octanol–water partition coefficient (Wildman–Crippen LogP) is 3.26. The van der Waals surface area contributed by atoms with E-state index in [2.05, 4.69) is 20.3 Å². The van der Waals surface area contributed by atoms with Crippen molar-refractivity contribution < 1.29 is 4.79 Å². The number of carbonyl (C=O) groups is 1. The molecule has 0 saturated heterocycles. The number of anilines is 2. The lowest BCUT2D eigenvalue weighted by Gasteiger charge is -2.07. The number of nitrogens with zero attached hydrogens (tertiary/aromatic N) is 3. The summed E-state index contributed by atoms with van der Waals surface area (Å²) in [7, 11) is 0. The Hall–Kier alpha value is -3.19. The van der Waals surface area contributed by atoms with Crippen molar-refractivity contribution in [3.8, 4) is 0 Å². The number of benzene rings is 1. The molecule has 2 heterocycles. The second-order valence-corrected chi connectivity index (χ2v) is 6.02. The highest BCUT2D eigenvalue weighted by Gasteiger charge is 2.03. The van der Waals surface area contributed by atoms with Crippen molar-refractivity contribution in [3.63, 3.8) is 0 Å². The first kappa shape index (κ1) is 16.7. The topological polar surface area (TPSA) is 93.8 Å². The molecular formula is C18H15N5OS. The van der Waals surface area contributed by atoms with Crippen LogP contribution >= 0.6 is 11.8 Å². The van der Waals surface area contributed by atoms with E-state index in [1.165, 1.54) is 17.8 Å². The zero-order chi connectivity index (χ0) is 17.5. The molecule has 0 spiro atoms. The zero-order valence-corrected chi connectivity index (χ0v) is 14.0. The van der Waals surface area contributed by atoms with Gasteiger partial charge in [-0.3, -0.25) is 4.79 Å². The summed E-state index contributed by atoms with van der Waals surface area (Å²) < 4.78 is 0. The van der Waals surface area contributed by atoms with Crippen LogP contribution in [0.25, 0.3) is 6.08 Å². The Labute approximate surface area is 149 Å². The smallest absolute Gasteiger partial charge is 0.241 e. The molecule has 0 atom stereocenters. The Bertz CT molecular complexity index is 899. The Morgan fingerprint density at radius 3 is 2.76 bits per heavy atom. The number of nitrogens with one attached hydrogen (secondary N) is 1. The summed E-state index contributed by atoms with van der Waals surface area (Å²) in [4.78, 5) is 23.8. The second kappa shape index (κ2) is 8.07. The number of carbonyl (C=O) groups excluding carboxylic acids is 1. The molecule has 25 heavy (non-hydrogen) atoms. The minimum Gasteiger partial charge on any atom is -0.366 e. The van der Waals surface area contributed by atoms with Crippen LogP contribution in [0.1, 0.15) is 5.56 Å². The molecule has 6 nitrogen and oxygen atoms in total. The van der Waals surface area contributed by atoms with Crippen LogP contribution in [0.2, 0.25) is 0 Å². The van der Waals surface area contributed by atoms with Crippen molar-refractivity contribution in [2.45, 2.75) is 10.1 Å². The van der Waals surface area contributed by atoms with Crippen molar-refractivity contribution in [1.29, 1.82) is 0 Å². The monoisotopic (exact) mass is 349 g/mol. The molecule has 2 aromatic heterocycles. The van der Waals surface area contributed by atoms with Crippen molar-refractivity contribution in [2.75, 3.05) is 5.32 Å². The van der Waals surface area contributed by atoms with Crippen LogP contribution < -0.4 is 11.1 Å². The summed E-state index contributed by atoms with van der Waals surface area (Å²) in [5, 5.41) is 4.81. The van der Waals surface area contributed by atoms with Crippen LogP contribution in [0.4, 0.5) is 11.6 Å². The molecule has 124 valence electrons. The number of aromatic nitrogens is 3. The first-order valence-electron chi connectivity index (χ1n) is 7.45. The highest BCUT2D eigenvalue weighted by atomic mass is 32.2. The average Bonchev–Trinajstić information content (AvgIpc) is 2.61. The van der Waals surface area contributed by atoms with E-state index in [9.17, 15) is 4.79 Å². The molecule has 0 aliphatic heterocycles. The molecule has 3 N–H and O–H groups in total. The van der Waals surface area contributed by atoms with E-state index in [0.29, 0.717) is 5.95 Å². The number of pyridine rings is 1. The molecule has 0 radical (unpaired) electrons. The maximum absolute atomic E-state index is 10.8. The van der Waals surface area contributed by atoms with Gasteiger partial charge in [0, 0.05) is 24.2 Å². The van der Waals surface area contributed by atoms with Crippen molar-refractivity contribution >= 4 is 35.4 Å². The third-order valence-corrected chi connectivity index (χ3v) is 3.95. The molecule has 0 aliphatic carbocycles. The van der Waals surface area contributed by atoms with Gasteiger partial charge in [0.2, 0.25) is 11.9 Å². The summed E-state index contributed by atoms with van der Waals surface area (Å²) in [5.41, 5.74) is 6.77. The van der Waals surface area contributed by atoms with E-state index in [0.717, 1.165) is 21.3 Å². The van der Waals surface area contributed by atoms with Crippen LogP contribution in [0.3, 0.4) is 0 Å².